The lowest BCUT2D eigenvalue weighted by atomic mass is 10.1. The molecule has 9 heteroatoms. The Bertz CT molecular complexity index is 941. The van der Waals surface area contributed by atoms with Crippen LogP contribution in [0, 0.1) is 0 Å². The number of urea groups is 1. The number of benzene rings is 2. The molecule has 0 aliphatic heterocycles. The van der Waals surface area contributed by atoms with Crippen LogP contribution in [0.5, 0.6) is 0 Å². The number of anilines is 2. The van der Waals surface area contributed by atoms with Crippen molar-refractivity contribution in [3.63, 3.8) is 0 Å². The lowest BCUT2D eigenvalue weighted by Crippen LogP contribution is -2.29. The minimum Gasteiger partial charge on any atom is -0.334 e. The van der Waals surface area contributed by atoms with E-state index in [0.717, 1.165) is 5.56 Å². The van der Waals surface area contributed by atoms with E-state index in [1.54, 1.807) is 30.3 Å². The zero-order valence-corrected chi connectivity index (χ0v) is 15.7. The van der Waals surface area contributed by atoms with E-state index in [1.807, 2.05) is 30.3 Å². The summed E-state index contributed by atoms with van der Waals surface area (Å²) in [5, 5.41) is 19.3. The third-order valence-corrected chi connectivity index (χ3v) is 4.08. The Kier molecular flexibility index (Phi) is 6.66. The number of aromatic nitrogens is 4. The van der Waals surface area contributed by atoms with Crippen molar-refractivity contribution in [3.8, 4) is 0 Å². The second-order valence-electron chi connectivity index (χ2n) is 6.19. The molecule has 0 aliphatic rings. The van der Waals surface area contributed by atoms with Crippen molar-refractivity contribution >= 4 is 23.3 Å². The lowest BCUT2D eigenvalue weighted by molar-refractivity contribution is -0.119. The first-order valence-corrected chi connectivity index (χ1v) is 8.99. The van der Waals surface area contributed by atoms with Crippen molar-refractivity contribution < 1.29 is 9.59 Å². The summed E-state index contributed by atoms with van der Waals surface area (Å²) in [5.74, 6) is -0.245. The molecule has 0 radical (unpaired) electrons. The molecular formula is C20H21N7O2. The van der Waals surface area contributed by atoms with E-state index < -0.39 is 6.04 Å². The first-order valence-electron chi connectivity index (χ1n) is 8.99. The van der Waals surface area contributed by atoms with Gasteiger partial charge in [0.15, 0.2) is 0 Å². The van der Waals surface area contributed by atoms with Gasteiger partial charge in [-0.15, -0.1) is 11.7 Å². The molecule has 3 rings (SSSR count). The van der Waals surface area contributed by atoms with Crippen LogP contribution in [-0.2, 0) is 11.2 Å². The maximum absolute atomic E-state index is 12.9. The van der Waals surface area contributed by atoms with Gasteiger partial charge in [-0.3, -0.25) is 4.79 Å². The minimum absolute atomic E-state index is 0.245. The molecule has 9 nitrogen and oxygen atoms in total. The third-order valence-electron chi connectivity index (χ3n) is 4.08. The van der Waals surface area contributed by atoms with Gasteiger partial charge in [0.2, 0.25) is 5.91 Å². The summed E-state index contributed by atoms with van der Waals surface area (Å²) in [6, 6.07) is 15.5. The fourth-order valence-electron chi connectivity index (χ4n) is 2.66. The normalized spacial score (nSPS) is 11.3. The van der Waals surface area contributed by atoms with Gasteiger partial charge < -0.3 is 16.0 Å². The molecular weight excluding hydrogens is 370 g/mol. The number of amides is 3. The Balaban J connectivity index is 1.66. The summed E-state index contributed by atoms with van der Waals surface area (Å²) < 4.78 is 1.43. The topological polar surface area (TPSA) is 114 Å². The van der Waals surface area contributed by atoms with Gasteiger partial charge in [0.05, 0.1) is 0 Å². The summed E-state index contributed by atoms with van der Waals surface area (Å²) in [7, 11) is 0. The molecule has 148 valence electrons. The maximum atomic E-state index is 12.9. The Morgan fingerprint density at radius 3 is 2.34 bits per heavy atom. The zero-order chi connectivity index (χ0) is 20.5. The van der Waals surface area contributed by atoms with Crippen LogP contribution in [0.1, 0.15) is 11.6 Å². The molecule has 0 aliphatic carbocycles. The molecule has 3 amide bonds. The van der Waals surface area contributed by atoms with Crippen molar-refractivity contribution in [2.24, 2.45) is 0 Å². The SMILES string of the molecule is C=CCNC(=O)Nc1ccc(NC(=O)C(Cc2ccccc2)n2cnnn2)cc1. The van der Waals surface area contributed by atoms with Crippen molar-refractivity contribution in [2.75, 3.05) is 17.2 Å². The summed E-state index contributed by atoms with van der Waals surface area (Å²) in [6.07, 6.45) is 3.46. The van der Waals surface area contributed by atoms with Crippen LogP contribution < -0.4 is 16.0 Å². The van der Waals surface area contributed by atoms with Crippen LogP contribution >= 0.6 is 0 Å². The number of carbonyl (C=O) groups is 2. The lowest BCUT2D eigenvalue weighted by Gasteiger charge is -2.16. The Hall–Kier alpha value is -4.01. The van der Waals surface area contributed by atoms with E-state index in [0.29, 0.717) is 24.3 Å². The van der Waals surface area contributed by atoms with Crippen LogP contribution in [0.15, 0.2) is 73.6 Å². The van der Waals surface area contributed by atoms with E-state index in [4.69, 9.17) is 0 Å². The van der Waals surface area contributed by atoms with Gasteiger partial charge in [0.25, 0.3) is 0 Å². The minimum atomic E-state index is -0.602. The van der Waals surface area contributed by atoms with E-state index in [9.17, 15) is 9.59 Å². The second-order valence-corrected chi connectivity index (χ2v) is 6.19. The molecule has 1 aromatic heterocycles. The number of rotatable bonds is 8. The number of nitrogens with zero attached hydrogens (tertiary/aromatic N) is 4. The average Bonchev–Trinajstić information content (AvgIpc) is 3.27. The molecule has 1 atom stereocenters. The third kappa shape index (κ3) is 5.73. The van der Waals surface area contributed by atoms with Gasteiger partial charge in [0.1, 0.15) is 12.4 Å². The average molecular weight is 391 g/mol. The molecule has 0 saturated heterocycles. The monoisotopic (exact) mass is 391 g/mol. The van der Waals surface area contributed by atoms with Gasteiger partial charge in [-0.05, 0) is 40.3 Å². The van der Waals surface area contributed by atoms with Crippen molar-refractivity contribution in [1.82, 2.24) is 25.5 Å². The van der Waals surface area contributed by atoms with E-state index in [2.05, 4.69) is 38.1 Å². The zero-order valence-electron chi connectivity index (χ0n) is 15.7. The van der Waals surface area contributed by atoms with Gasteiger partial charge >= 0.3 is 6.03 Å². The van der Waals surface area contributed by atoms with E-state index >= 15 is 0 Å². The molecule has 1 heterocycles. The van der Waals surface area contributed by atoms with Gasteiger partial charge in [-0.2, -0.15) is 0 Å². The summed E-state index contributed by atoms with van der Waals surface area (Å²) in [4.78, 5) is 24.5. The fraction of sp³-hybridized carbons (Fsp3) is 0.150. The highest BCUT2D eigenvalue weighted by atomic mass is 16.2. The highest BCUT2D eigenvalue weighted by molar-refractivity contribution is 5.94. The summed E-state index contributed by atoms with van der Waals surface area (Å²) in [6.45, 7) is 3.92. The maximum Gasteiger partial charge on any atom is 0.319 e. The van der Waals surface area contributed by atoms with E-state index in [1.165, 1.54) is 11.0 Å². The molecule has 2 aromatic carbocycles. The molecule has 3 N–H and O–H groups in total. The van der Waals surface area contributed by atoms with Gasteiger partial charge in [-0.25, -0.2) is 9.48 Å². The van der Waals surface area contributed by atoms with E-state index in [-0.39, 0.29) is 11.9 Å². The number of carbonyl (C=O) groups excluding carboxylic acids is 2. The second kappa shape index (κ2) is 9.79. The van der Waals surface area contributed by atoms with Gasteiger partial charge in [0, 0.05) is 24.3 Å². The predicted molar refractivity (Wildman–Crippen MR) is 109 cm³/mol. The Morgan fingerprint density at radius 2 is 1.72 bits per heavy atom. The molecule has 0 bridgehead atoms. The van der Waals surface area contributed by atoms with Gasteiger partial charge in [-0.1, -0.05) is 36.4 Å². The standard InChI is InChI=1S/C20H21N7O2/c1-2-12-21-20(29)24-17-10-8-16(9-11-17)23-19(28)18(27-14-22-25-26-27)13-15-6-4-3-5-7-15/h2-11,14,18H,1,12-13H2,(H,23,28)(H2,21,24,29). The molecule has 3 aromatic rings. The smallest absolute Gasteiger partial charge is 0.319 e. The van der Waals surface area contributed by atoms with Crippen molar-refractivity contribution in [1.29, 1.82) is 0 Å². The largest absolute Gasteiger partial charge is 0.334 e. The quantitative estimate of drug-likeness (QED) is 0.510. The molecule has 0 spiro atoms. The summed E-state index contributed by atoms with van der Waals surface area (Å²) >= 11 is 0. The molecule has 29 heavy (non-hydrogen) atoms. The van der Waals surface area contributed by atoms with Crippen LogP contribution in [0.2, 0.25) is 0 Å². The van der Waals surface area contributed by atoms with Crippen LogP contribution in [-0.4, -0.2) is 38.7 Å². The molecule has 0 saturated carbocycles. The predicted octanol–water partition coefficient (Wildman–Crippen LogP) is 2.40. The number of nitrogens with one attached hydrogen (secondary N) is 3. The highest BCUT2D eigenvalue weighted by Gasteiger charge is 2.22. The van der Waals surface area contributed by atoms with Crippen molar-refractivity contribution in [2.45, 2.75) is 12.5 Å². The number of tetrazole rings is 1. The number of hydrogen-bond donors (Lipinski definition) is 3. The first-order chi connectivity index (χ1) is 14.2. The van der Waals surface area contributed by atoms with Crippen LogP contribution in [0.4, 0.5) is 16.2 Å². The number of hydrogen-bond acceptors (Lipinski definition) is 5. The Labute approximate surface area is 167 Å². The fourth-order valence-corrected chi connectivity index (χ4v) is 2.66. The van der Waals surface area contributed by atoms with Crippen LogP contribution in [0.25, 0.3) is 0 Å². The molecule has 1 unspecified atom stereocenters. The van der Waals surface area contributed by atoms with Crippen molar-refractivity contribution in [3.05, 3.63) is 79.1 Å². The summed E-state index contributed by atoms with van der Waals surface area (Å²) in [5.41, 5.74) is 2.19. The Morgan fingerprint density at radius 1 is 1.03 bits per heavy atom. The highest BCUT2D eigenvalue weighted by Crippen LogP contribution is 2.18. The molecule has 0 fully saturated rings. The van der Waals surface area contributed by atoms with Crippen LogP contribution in [0.3, 0.4) is 0 Å². The first kappa shape index (κ1) is 19.7.